The van der Waals surface area contributed by atoms with Crippen molar-refractivity contribution in [2.24, 2.45) is 0 Å². The van der Waals surface area contributed by atoms with Crippen molar-refractivity contribution in [3.05, 3.63) is 116 Å². The topological polar surface area (TPSA) is 124 Å². The van der Waals surface area contributed by atoms with Gasteiger partial charge in [0.1, 0.15) is 18.0 Å². The molecule has 0 bridgehead atoms. The van der Waals surface area contributed by atoms with Crippen molar-refractivity contribution in [1.29, 1.82) is 0 Å². The standard InChI is InChI=1S/C24H18FN3O6/c25-17-8-6-15(7-9-17)13-26-22(29)21-19-11-10-18(28(32)33)12-20(19)23(30)27(24(21)31)34-14-16-4-2-1-3-5-16/h1-12,31H,13-14H2,(H,26,29). The van der Waals surface area contributed by atoms with Crippen LogP contribution in [0.15, 0.2) is 77.6 Å². The predicted molar refractivity (Wildman–Crippen MR) is 121 cm³/mol. The molecule has 1 amide bonds. The first kappa shape index (κ1) is 22.5. The van der Waals surface area contributed by atoms with Crippen LogP contribution < -0.4 is 15.7 Å². The Morgan fingerprint density at radius 2 is 1.74 bits per heavy atom. The zero-order chi connectivity index (χ0) is 24.2. The van der Waals surface area contributed by atoms with Gasteiger partial charge in [-0.3, -0.25) is 19.7 Å². The van der Waals surface area contributed by atoms with Crippen molar-refractivity contribution in [3.8, 4) is 5.88 Å². The lowest BCUT2D eigenvalue weighted by Gasteiger charge is -2.16. The van der Waals surface area contributed by atoms with Gasteiger partial charge in [0, 0.05) is 24.1 Å². The maximum absolute atomic E-state index is 13.1. The lowest BCUT2D eigenvalue weighted by molar-refractivity contribution is -0.384. The third-order valence-corrected chi connectivity index (χ3v) is 5.11. The van der Waals surface area contributed by atoms with Gasteiger partial charge in [-0.05, 0) is 29.3 Å². The fourth-order valence-corrected chi connectivity index (χ4v) is 3.40. The quantitative estimate of drug-likeness (QED) is 0.320. The Kier molecular flexibility index (Phi) is 6.22. The third kappa shape index (κ3) is 4.56. The molecule has 10 heteroatoms. The minimum Gasteiger partial charge on any atom is -0.492 e. The Balaban J connectivity index is 1.76. The van der Waals surface area contributed by atoms with E-state index in [0.29, 0.717) is 15.9 Å². The maximum Gasteiger partial charge on any atom is 0.294 e. The van der Waals surface area contributed by atoms with E-state index < -0.39 is 28.1 Å². The molecule has 172 valence electrons. The molecule has 3 aromatic carbocycles. The number of nitrogens with zero attached hydrogens (tertiary/aromatic N) is 2. The second kappa shape index (κ2) is 9.41. The van der Waals surface area contributed by atoms with E-state index in [0.717, 1.165) is 12.1 Å². The molecule has 0 atom stereocenters. The van der Waals surface area contributed by atoms with E-state index in [1.54, 1.807) is 30.3 Å². The van der Waals surface area contributed by atoms with Crippen molar-refractivity contribution in [1.82, 2.24) is 10.0 Å². The fraction of sp³-hybridized carbons (Fsp3) is 0.0833. The Morgan fingerprint density at radius 1 is 1.03 bits per heavy atom. The lowest BCUT2D eigenvalue weighted by Crippen LogP contribution is -2.31. The molecule has 0 spiro atoms. The van der Waals surface area contributed by atoms with E-state index in [1.807, 2.05) is 0 Å². The van der Waals surface area contributed by atoms with Crippen molar-refractivity contribution in [3.63, 3.8) is 0 Å². The molecule has 2 N–H and O–H groups in total. The number of aromatic nitrogens is 1. The van der Waals surface area contributed by atoms with Gasteiger partial charge < -0.3 is 15.3 Å². The first-order valence-corrected chi connectivity index (χ1v) is 10.1. The number of amides is 1. The molecule has 1 aromatic heterocycles. The molecule has 0 saturated carbocycles. The number of nitro groups is 1. The summed E-state index contributed by atoms with van der Waals surface area (Å²) < 4.78 is 13.7. The van der Waals surface area contributed by atoms with Crippen LogP contribution in [0.1, 0.15) is 21.5 Å². The Hall–Kier alpha value is -4.73. The summed E-state index contributed by atoms with van der Waals surface area (Å²) in [7, 11) is 0. The number of hydrogen-bond acceptors (Lipinski definition) is 6. The first-order valence-electron chi connectivity index (χ1n) is 10.1. The highest BCUT2D eigenvalue weighted by Gasteiger charge is 2.24. The SMILES string of the molecule is O=C(NCc1ccc(F)cc1)c1c(O)n(OCc2ccccc2)c(=O)c2cc([N+](=O)[O-])ccc12. The molecule has 0 aliphatic rings. The Bertz CT molecular complexity index is 1440. The number of carbonyl (C=O) groups is 1. The summed E-state index contributed by atoms with van der Waals surface area (Å²) in [4.78, 5) is 42.1. The van der Waals surface area contributed by atoms with E-state index in [4.69, 9.17) is 4.84 Å². The summed E-state index contributed by atoms with van der Waals surface area (Å²) in [5, 5.41) is 24.5. The largest absolute Gasteiger partial charge is 0.492 e. The number of rotatable bonds is 7. The third-order valence-electron chi connectivity index (χ3n) is 5.11. The van der Waals surface area contributed by atoms with Crippen LogP contribution in [0.3, 0.4) is 0 Å². The number of nitrogens with one attached hydrogen (secondary N) is 1. The van der Waals surface area contributed by atoms with Crippen molar-refractivity contribution in [2.45, 2.75) is 13.2 Å². The molecule has 0 saturated heterocycles. The number of non-ortho nitro benzene ring substituents is 1. The molecule has 4 aromatic rings. The highest BCUT2D eigenvalue weighted by molar-refractivity contribution is 6.09. The number of pyridine rings is 1. The smallest absolute Gasteiger partial charge is 0.294 e. The summed E-state index contributed by atoms with van der Waals surface area (Å²) in [5.74, 6) is -1.93. The molecule has 4 rings (SSSR count). The maximum atomic E-state index is 13.1. The average molecular weight is 463 g/mol. The monoisotopic (exact) mass is 463 g/mol. The van der Waals surface area contributed by atoms with E-state index in [1.165, 1.54) is 30.3 Å². The second-order valence-electron chi connectivity index (χ2n) is 7.35. The van der Waals surface area contributed by atoms with Gasteiger partial charge in [0.05, 0.1) is 10.3 Å². The molecule has 0 fully saturated rings. The molecular weight excluding hydrogens is 445 g/mol. The summed E-state index contributed by atoms with van der Waals surface area (Å²) in [6.07, 6.45) is 0. The molecular formula is C24H18FN3O6. The van der Waals surface area contributed by atoms with Crippen LogP contribution in [0.4, 0.5) is 10.1 Å². The van der Waals surface area contributed by atoms with Crippen LogP contribution in [-0.2, 0) is 13.2 Å². The van der Waals surface area contributed by atoms with E-state index in [2.05, 4.69) is 5.32 Å². The van der Waals surface area contributed by atoms with Gasteiger partial charge in [0.2, 0.25) is 5.88 Å². The fourth-order valence-electron chi connectivity index (χ4n) is 3.40. The molecule has 1 heterocycles. The van der Waals surface area contributed by atoms with Crippen LogP contribution >= 0.6 is 0 Å². The van der Waals surface area contributed by atoms with Crippen molar-refractivity contribution >= 4 is 22.4 Å². The molecule has 34 heavy (non-hydrogen) atoms. The highest BCUT2D eigenvalue weighted by Crippen LogP contribution is 2.27. The van der Waals surface area contributed by atoms with E-state index in [9.17, 15) is 29.2 Å². The van der Waals surface area contributed by atoms with Gasteiger partial charge in [0.25, 0.3) is 17.2 Å². The number of halogens is 1. The molecule has 0 radical (unpaired) electrons. The van der Waals surface area contributed by atoms with Crippen LogP contribution in [0, 0.1) is 15.9 Å². The summed E-state index contributed by atoms with van der Waals surface area (Å²) in [6.45, 7) is -0.0948. The van der Waals surface area contributed by atoms with Crippen molar-refractivity contribution < 1.29 is 24.1 Å². The van der Waals surface area contributed by atoms with Gasteiger partial charge in [-0.15, -0.1) is 4.73 Å². The zero-order valence-corrected chi connectivity index (χ0v) is 17.6. The zero-order valence-electron chi connectivity index (χ0n) is 17.6. The number of benzene rings is 3. The molecule has 0 aliphatic carbocycles. The second-order valence-corrected chi connectivity index (χ2v) is 7.35. The number of nitro benzene ring substituents is 1. The van der Waals surface area contributed by atoms with Gasteiger partial charge in [-0.25, -0.2) is 4.39 Å². The first-order chi connectivity index (χ1) is 16.3. The molecule has 9 nitrogen and oxygen atoms in total. The van der Waals surface area contributed by atoms with Gasteiger partial charge in [-0.1, -0.05) is 42.5 Å². The number of carbonyl (C=O) groups excluding carboxylic acids is 1. The summed E-state index contributed by atoms with van der Waals surface area (Å²) >= 11 is 0. The van der Waals surface area contributed by atoms with Gasteiger partial charge >= 0.3 is 0 Å². The Labute approximate surface area is 191 Å². The van der Waals surface area contributed by atoms with E-state index in [-0.39, 0.29) is 35.2 Å². The van der Waals surface area contributed by atoms with Crippen LogP contribution in [0.2, 0.25) is 0 Å². The molecule has 0 unspecified atom stereocenters. The average Bonchev–Trinajstić information content (AvgIpc) is 2.84. The van der Waals surface area contributed by atoms with Crippen LogP contribution in [0.5, 0.6) is 5.88 Å². The lowest BCUT2D eigenvalue weighted by atomic mass is 10.1. The normalized spacial score (nSPS) is 10.7. The van der Waals surface area contributed by atoms with Gasteiger partial charge in [0.15, 0.2) is 0 Å². The van der Waals surface area contributed by atoms with Crippen molar-refractivity contribution in [2.75, 3.05) is 0 Å². The number of hydrogen-bond donors (Lipinski definition) is 2. The minimum atomic E-state index is -0.859. The number of fused-ring (bicyclic) bond motifs is 1. The van der Waals surface area contributed by atoms with E-state index >= 15 is 0 Å². The number of aromatic hydroxyl groups is 1. The summed E-state index contributed by atoms with van der Waals surface area (Å²) in [5.41, 5.74) is -0.220. The summed E-state index contributed by atoms with van der Waals surface area (Å²) in [6, 6.07) is 17.6. The minimum absolute atomic E-state index is 0.0109. The molecule has 0 aliphatic heterocycles. The predicted octanol–water partition coefficient (Wildman–Crippen LogP) is 3.31. The highest BCUT2D eigenvalue weighted by atomic mass is 19.1. The van der Waals surface area contributed by atoms with Crippen LogP contribution in [0.25, 0.3) is 10.8 Å². The van der Waals surface area contributed by atoms with Crippen LogP contribution in [-0.4, -0.2) is 20.7 Å². The van der Waals surface area contributed by atoms with Gasteiger partial charge in [-0.2, -0.15) is 0 Å². The Morgan fingerprint density at radius 3 is 2.41 bits per heavy atom.